The number of rotatable bonds is 6. The third kappa shape index (κ3) is 4.13. The van der Waals surface area contributed by atoms with Gasteiger partial charge in [-0.2, -0.15) is 0 Å². The van der Waals surface area contributed by atoms with E-state index in [4.69, 9.17) is 0 Å². The van der Waals surface area contributed by atoms with Gasteiger partial charge < -0.3 is 0 Å². The molecule has 0 aliphatic rings. The van der Waals surface area contributed by atoms with Crippen LogP contribution in [0.4, 0.5) is 0 Å². The first-order valence-corrected chi connectivity index (χ1v) is 7.04. The predicted molar refractivity (Wildman–Crippen MR) is 77.6 cm³/mol. The minimum Gasteiger partial charge on any atom is -0.295 e. The fraction of sp³-hybridized carbons (Fsp3) is 0.250. The zero-order chi connectivity index (χ0) is 12.6. The van der Waals surface area contributed by atoms with Gasteiger partial charge in [-0.1, -0.05) is 66.7 Å². The molecule has 0 aliphatic carbocycles. The van der Waals surface area contributed by atoms with Gasteiger partial charge in [-0.05, 0) is 17.7 Å². The molecule has 1 nitrogen and oxygen atoms in total. The number of nitrogens with zero attached hydrogens (tertiary/aromatic N) is 1. The maximum Gasteiger partial charge on any atom is 0.0238 e. The van der Waals surface area contributed by atoms with Crippen LogP contribution >= 0.6 is 0 Å². The van der Waals surface area contributed by atoms with Crippen molar-refractivity contribution in [3.63, 3.8) is 0 Å². The van der Waals surface area contributed by atoms with E-state index in [1.54, 1.807) is 0 Å². The Morgan fingerprint density at radius 1 is 0.722 bits per heavy atom. The van der Waals surface area contributed by atoms with Crippen molar-refractivity contribution in [2.45, 2.75) is 19.1 Å². The lowest BCUT2D eigenvalue weighted by Gasteiger charge is -2.21. The van der Waals surface area contributed by atoms with E-state index in [0.29, 0.717) is 0 Å². The first-order chi connectivity index (χ1) is 8.88. The summed E-state index contributed by atoms with van der Waals surface area (Å²) in [5.41, 5.74) is 2.74. The van der Waals surface area contributed by atoms with Crippen LogP contribution in [0.25, 0.3) is 0 Å². The Balaban J connectivity index is 2.00. The van der Waals surface area contributed by atoms with Gasteiger partial charge in [-0.25, -0.2) is 0 Å². The second-order valence-electron chi connectivity index (χ2n) is 4.43. The van der Waals surface area contributed by atoms with Gasteiger partial charge in [0, 0.05) is 23.3 Å². The van der Waals surface area contributed by atoms with Crippen LogP contribution in [-0.4, -0.2) is 21.7 Å². The highest BCUT2D eigenvalue weighted by Crippen LogP contribution is 2.10. The molecule has 2 heteroatoms. The Morgan fingerprint density at radius 3 is 1.56 bits per heavy atom. The van der Waals surface area contributed by atoms with E-state index in [1.165, 1.54) is 11.1 Å². The quantitative estimate of drug-likeness (QED) is 0.713. The fourth-order valence-corrected chi connectivity index (χ4v) is 2.37. The van der Waals surface area contributed by atoms with Gasteiger partial charge in [0.25, 0.3) is 0 Å². The molecule has 0 unspecified atom stereocenters. The Bertz CT molecular complexity index is 400. The molecule has 0 aliphatic heterocycles. The Kier molecular flexibility index (Phi) is 5.18. The molecule has 0 aromatic heterocycles. The standard InChI is InChI=1S/C16H18NSi/c18-12-11-17(13-15-7-3-1-4-8-15)14-16-9-5-2-6-10-16/h1-10H,11-14H2. The van der Waals surface area contributed by atoms with E-state index >= 15 is 0 Å². The van der Waals surface area contributed by atoms with Gasteiger partial charge in [0.1, 0.15) is 0 Å². The first-order valence-electron chi connectivity index (χ1n) is 6.33. The molecule has 0 saturated heterocycles. The summed E-state index contributed by atoms with van der Waals surface area (Å²) in [5, 5.41) is 0. The van der Waals surface area contributed by atoms with Crippen molar-refractivity contribution in [3.05, 3.63) is 71.8 Å². The predicted octanol–water partition coefficient (Wildman–Crippen LogP) is 3.28. The molecule has 0 N–H and O–H groups in total. The molecule has 0 fully saturated rings. The van der Waals surface area contributed by atoms with E-state index in [0.717, 1.165) is 25.7 Å². The monoisotopic (exact) mass is 252 g/mol. The average molecular weight is 252 g/mol. The zero-order valence-electron chi connectivity index (χ0n) is 10.5. The highest BCUT2D eigenvalue weighted by molar-refractivity contribution is 6.08. The smallest absolute Gasteiger partial charge is 0.0238 e. The third-order valence-corrected chi connectivity index (χ3v) is 3.15. The number of hydrogen-bond donors (Lipinski definition) is 0. The van der Waals surface area contributed by atoms with Crippen molar-refractivity contribution in [1.82, 2.24) is 4.90 Å². The van der Waals surface area contributed by atoms with Crippen LogP contribution < -0.4 is 0 Å². The fourth-order valence-electron chi connectivity index (χ4n) is 2.06. The molecule has 0 bridgehead atoms. The van der Waals surface area contributed by atoms with E-state index in [2.05, 4.69) is 75.8 Å². The minimum absolute atomic E-state index is 1.000. The second-order valence-corrected chi connectivity index (χ2v) is 4.93. The van der Waals surface area contributed by atoms with Crippen LogP contribution in [0, 0.1) is 0 Å². The van der Waals surface area contributed by atoms with Crippen molar-refractivity contribution in [1.29, 1.82) is 0 Å². The molecule has 0 spiro atoms. The van der Waals surface area contributed by atoms with E-state index in [1.807, 2.05) is 0 Å². The summed E-state index contributed by atoms with van der Waals surface area (Å²) in [4.78, 5) is 2.46. The van der Waals surface area contributed by atoms with Gasteiger partial charge in [-0.3, -0.25) is 4.90 Å². The van der Waals surface area contributed by atoms with Crippen molar-refractivity contribution < 1.29 is 0 Å². The second kappa shape index (κ2) is 7.14. The molecule has 3 radical (unpaired) electrons. The number of benzene rings is 2. The molecule has 0 heterocycles. The Labute approximate surface area is 113 Å². The Hall–Kier alpha value is -1.38. The lowest BCUT2D eigenvalue weighted by atomic mass is 10.1. The summed E-state index contributed by atoms with van der Waals surface area (Å²) >= 11 is 0. The molecule has 2 aromatic carbocycles. The zero-order valence-corrected chi connectivity index (χ0v) is 11.5. The summed E-state index contributed by atoms with van der Waals surface area (Å²) < 4.78 is 0. The van der Waals surface area contributed by atoms with Crippen LogP contribution in [0.2, 0.25) is 6.04 Å². The summed E-state index contributed by atoms with van der Waals surface area (Å²) in [6.45, 7) is 3.06. The van der Waals surface area contributed by atoms with Crippen LogP contribution in [-0.2, 0) is 13.1 Å². The molecular weight excluding hydrogens is 234 g/mol. The molecule has 2 aromatic rings. The summed E-state index contributed by atoms with van der Waals surface area (Å²) in [7, 11) is 3.58. The topological polar surface area (TPSA) is 3.24 Å². The molecule has 18 heavy (non-hydrogen) atoms. The molecular formula is C16H18NSi. The van der Waals surface area contributed by atoms with Gasteiger partial charge in [0.2, 0.25) is 0 Å². The van der Waals surface area contributed by atoms with E-state index in [9.17, 15) is 0 Å². The van der Waals surface area contributed by atoms with E-state index < -0.39 is 0 Å². The van der Waals surface area contributed by atoms with Crippen LogP contribution in [0.5, 0.6) is 0 Å². The molecule has 0 amide bonds. The average Bonchev–Trinajstić information content (AvgIpc) is 2.41. The molecule has 2 rings (SSSR count). The van der Waals surface area contributed by atoms with Gasteiger partial charge in [0.15, 0.2) is 0 Å². The lowest BCUT2D eigenvalue weighted by Crippen LogP contribution is -2.23. The SMILES string of the molecule is [Si]CCN(Cc1ccccc1)Cc1ccccc1. The lowest BCUT2D eigenvalue weighted by molar-refractivity contribution is 0.271. The summed E-state index contributed by atoms with van der Waals surface area (Å²) in [5.74, 6) is 0. The Morgan fingerprint density at radius 2 is 1.17 bits per heavy atom. The maximum atomic E-state index is 3.58. The van der Waals surface area contributed by atoms with Crippen molar-refractivity contribution in [3.8, 4) is 0 Å². The summed E-state index contributed by atoms with van der Waals surface area (Å²) in [6.07, 6.45) is 0. The van der Waals surface area contributed by atoms with E-state index in [-0.39, 0.29) is 0 Å². The van der Waals surface area contributed by atoms with Gasteiger partial charge >= 0.3 is 0 Å². The normalized spacial score (nSPS) is 10.8. The highest BCUT2D eigenvalue weighted by Gasteiger charge is 2.05. The van der Waals surface area contributed by atoms with Crippen molar-refractivity contribution in [2.75, 3.05) is 6.54 Å². The maximum absolute atomic E-state index is 3.58. The van der Waals surface area contributed by atoms with Crippen LogP contribution in [0.1, 0.15) is 11.1 Å². The van der Waals surface area contributed by atoms with Crippen molar-refractivity contribution >= 4 is 10.2 Å². The first kappa shape index (κ1) is 13.1. The largest absolute Gasteiger partial charge is 0.295 e. The van der Waals surface area contributed by atoms with Gasteiger partial charge in [-0.15, -0.1) is 0 Å². The van der Waals surface area contributed by atoms with Crippen LogP contribution in [0.15, 0.2) is 60.7 Å². The molecule has 0 saturated carbocycles. The van der Waals surface area contributed by atoms with Gasteiger partial charge in [0.05, 0.1) is 0 Å². The van der Waals surface area contributed by atoms with Crippen molar-refractivity contribution in [2.24, 2.45) is 0 Å². The molecule has 91 valence electrons. The molecule has 0 atom stereocenters. The minimum atomic E-state index is 1.000. The third-order valence-electron chi connectivity index (χ3n) is 2.93. The summed E-state index contributed by atoms with van der Waals surface area (Å²) in [6, 6.07) is 22.3. The number of hydrogen-bond acceptors (Lipinski definition) is 1. The highest BCUT2D eigenvalue weighted by atomic mass is 28.1. The van der Waals surface area contributed by atoms with Crippen LogP contribution in [0.3, 0.4) is 0 Å².